The minimum atomic E-state index is -4.35. The van der Waals surface area contributed by atoms with Crippen LogP contribution in [0.4, 0.5) is 0 Å². The molecule has 0 saturated carbocycles. The molecule has 1 unspecified atom stereocenters. The van der Waals surface area contributed by atoms with Gasteiger partial charge in [0.25, 0.3) is 0 Å². The lowest BCUT2D eigenvalue weighted by Gasteiger charge is -2.16. The van der Waals surface area contributed by atoms with E-state index >= 15 is 0 Å². The number of imidazole rings is 1. The predicted octanol–water partition coefficient (Wildman–Crippen LogP) is -1.53. The van der Waals surface area contributed by atoms with Gasteiger partial charge in [0.1, 0.15) is 42.6 Å². The van der Waals surface area contributed by atoms with Crippen LogP contribution in [0.5, 0.6) is 0 Å². The van der Waals surface area contributed by atoms with Crippen molar-refractivity contribution in [3.8, 4) is 6.07 Å². The van der Waals surface area contributed by atoms with Crippen LogP contribution in [0.1, 0.15) is 11.9 Å². The van der Waals surface area contributed by atoms with Crippen LogP contribution in [-0.4, -0.2) is 70.8 Å². The highest BCUT2D eigenvalue weighted by Gasteiger charge is 2.44. The summed E-state index contributed by atoms with van der Waals surface area (Å²) in [6, 6.07) is 1.87. The maximum absolute atomic E-state index is 10.8. The van der Waals surface area contributed by atoms with Crippen molar-refractivity contribution in [2.75, 3.05) is 13.0 Å². The fourth-order valence-electron chi connectivity index (χ4n) is 2.50. The zero-order chi connectivity index (χ0) is 18.2. The lowest BCUT2D eigenvalue weighted by atomic mass is 10.1. The minimum absolute atomic E-state index is 0.0540. The van der Waals surface area contributed by atoms with Crippen LogP contribution in [0, 0.1) is 11.3 Å². The second-order valence-electron chi connectivity index (χ2n) is 5.37. The number of hydrogen-bond acceptors (Lipinski definition) is 9. The topological polar surface area (TPSA) is 184 Å². The van der Waals surface area contributed by atoms with Gasteiger partial charge in [-0.05, 0) is 0 Å². The van der Waals surface area contributed by atoms with E-state index in [-0.39, 0.29) is 23.5 Å². The Balaban J connectivity index is 1.80. The van der Waals surface area contributed by atoms with E-state index in [1.807, 2.05) is 6.07 Å². The number of aliphatic hydroxyl groups is 2. The molecule has 3 heterocycles. The summed E-state index contributed by atoms with van der Waals surface area (Å²) in [7, 11) is -4.35. The van der Waals surface area contributed by atoms with Crippen molar-refractivity contribution >= 4 is 18.8 Å². The molecule has 1 saturated heterocycles. The summed E-state index contributed by atoms with van der Waals surface area (Å²) in [5.41, 5.74) is 0.509. The van der Waals surface area contributed by atoms with Crippen LogP contribution in [0.2, 0.25) is 0 Å². The first kappa shape index (κ1) is 17.8. The Bertz CT molecular complexity index is 861. The number of aromatic nitrogens is 4. The first-order valence-corrected chi connectivity index (χ1v) is 8.83. The van der Waals surface area contributed by atoms with Gasteiger partial charge in [-0.1, -0.05) is 0 Å². The highest BCUT2D eigenvalue weighted by molar-refractivity contribution is 7.51. The Hall–Kier alpha value is -1.97. The van der Waals surface area contributed by atoms with Crippen molar-refractivity contribution in [2.45, 2.75) is 24.5 Å². The molecule has 0 aliphatic carbocycles. The summed E-state index contributed by atoms with van der Waals surface area (Å²) in [6.07, 6.45) is -3.16. The number of fused-ring (bicyclic) bond motifs is 1. The third-order valence-electron chi connectivity index (χ3n) is 3.62. The first-order chi connectivity index (χ1) is 11.8. The van der Waals surface area contributed by atoms with E-state index in [0.29, 0.717) is 0 Å². The van der Waals surface area contributed by atoms with Crippen LogP contribution in [-0.2, 0) is 14.0 Å². The summed E-state index contributed by atoms with van der Waals surface area (Å²) in [5, 5.41) is 29.3. The second-order valence-corrected chi connectivity index (χ2v) is 6.96. The highest BCUT2D eigenvalue weighted by atomic mass is 31.2. The largest absolute Gasteiger partial charge is 0.387 e. The molecule has 1 fully saturated rings. The third kappa shape index (κ3) is 3.53. The SMILES string of the molecule is N#Cc1ncnc2c1ncn2[C@@H]1OC(COCP(=O)(O)O)[C@@H](O)[C@H]1O. The Morgan fingerprint density at radius 1 is 1.32 bits per heavy atom. The molecule has 0 radical (unpaired) electrons. The van der Waals surface area contributed by atoms with E-state index < -0.39 is 38.5 Å². The average molecular weight is 371 g/mol. The summed E-state index contributed by atoms with van der Waals surface area (Å²) in [4.78, 5) is 29.3. The van der Waals surface area contributed by atoms with Crippen molar-refractivity contribution in [3.63, 3.8) is 0 Å². The van der Waals surface area contributed by atoms with E-state index in [1.165, 1.54) is 10.9 Å². The fraction of sp³-hybridized carbons (Fsp3) is 0.500. The molecule has 4 N–H and O–H groups in total. The number of nitriles is 1. The molecule has 25 heavy (non-hydrogen) atoms. The van der Waals surface area contributed by atoms with Crippen LogP contribution in [0.3, 0.4) is 0 Å². The van der Waals surface area contributed by atoms with Crippen molar-refractivity contribution in [3.05, 3.63) is 18.3 Å². The number of ether oxygens (including phenoxy) is 2. The smallest absolute Gasteiger partial charge is 0.350 e. The normalized spacial score (nSPS) is 26.8. The first-order valence-electron chi connectivity index (χ1n) is 7.03. The van der Waals surface area contributed by atoms with Crippen molar-refractivity contribution in [2.24, 2.45) is 0 Å². The molecule has 0 spiro atoms. The molecular weight excluding hydrogens is 357 g/mol. The van der Waals surface area contributed by atoms with Gasteiger partial charge in [-0.15, -0.1) is 0 Å². The fourth-order valence-corrected chi connectivity index (χ4v) is 2.85. The molecule has 4 atom stereocenters. The van der Waals surface area contributed by atoms with Gasteiger partial charge < -0.3 is 29.5 Å². The molecule has 0 amide bonds. The zero-order valence-corrected chi connectivity index (χ0v) is 13.5. The van der Waals surface area contributed by atoms with E-state index in [0.717, 1.165) is 6.33 Å². The Labute approximate surface area is 140 Å². The van der Waals surface area contributed by atoms with E-state index in [2.05, 4.69) is 15.0 Å². The van der Waals surface area contributed by atoms with Gasteiger partial charge >= 0.3 is 7.60 Å². The molecule has 0 bridgehead atoms. The molecule has 0 aromatic carbocycles. The molecule has 3 rings (SSSR count). The number of aliphatic hydroxyl groups excluding tert-OH is 2. The molecule has 2 aromatic heterocycles. The Kier molecular flexibility index (Phi) is 4.81. The molecule has 2 aromatic rings. The van der Waals surface area contributed by atoms with Gasteiger partial charge in [-0.25, -0.2) is 15.0 Å². The molecule has 1 aliphatic rings. The van der Waals surface area contributed by atoms with Crippen LogP contribution in [0.15, 0.2) is 12.7 Å². The van der Waals surface area contributed by atoms with Gasteiger partial charge in [-0.2, -0.15) is 5.26 Å². The highest BCUT2D eigenvalue weighted by Crippen LogP contribution is 2.35. The summed E-state index contributed by atoms with van der Waals surface area (Å²) < 4.78 is 22.5. The summed E-state index contributed by atoms with van der Waals surface area (Å²) in [6.45, 7) is -0.328. The lowest BCUT2D eigenvalue weighted by molar-refractivity contribution is -0.0612. The molecular formula is C12H14N5O7P. The minimum Gasteiger partial charge on any atom is -0.387 e. The standard InChI is InChI=1S/C12H14N5O7P/c13-1-6-8-11(15-3-14-6)17(4-16-8)12-10(19)9(18)7(24-12)2-23-5-25(20,21)22/h3-4,7,9-10,12,18-19H,2,5H2,(H2,20,21,22)/t7?,9-,10-,12-/m1/s1. The quantitative estimate of drug-likeness (QED) is 0.447. The van der Waals surface area contributed by atoms with E-state index in [9.17, 15) is 14.8 Å². The monoisotopic (exact) mass is 371 g/mol. The Morgan fingerprint density at radius 3 is 2.76 bits per heavy atom. The zero-order valence-electron chi connectivity index (χ0n) is 12.6. The summed E-state index contributed by atoms with van der Waals surface area (Å²) in [5.74, 6) is 0. The van der Waals surface area contributed by atoms with Gasteiger partial charge in [-0.3, -0.25) is 9.13 Å². The molecule has 13 heteroatoms. The van der Waals surface area contributed by atoms with E-state index in [1.54, 1.807) is 0 Å². The maximum Gasteiger partial charge on any atom is 0.350 e. The van der Waals surface area contributed by atoms with Crippen molar-refractivity contribution < 1.29 is 34.0 Å². The van der Waals surface area contributed by atoms with Gasteiger partial charge in [0.15, 0.2) is 17.6 Å². The number of hydrogen-bond donors (Lipinski definition) is 4. The third-order valence-corrected chi connectivity index (χ3v) is 4.14. The van der Waals surface area contributed by atoms with Crippen LogP contribution in [0.25, 0.3) is 11.2 Å². The van der Waals surface area contributed by atoms with E-state index in [4.69, 9.17) is 24.5 Å². The molecule has 134 valence electrons. The van der Waals surface area contributed by atoms with Crippen LogP contribution < -0.4 is 0 Å². The van der Waals surface area contributed by atoms with Crippen molar-refractivity contribution in [1.82, 2.24) is 19.5 Å². The van der Waals surface area contributed by atoms with Crippen LogP contribution >= 0.6 is 7.60 Å². The Morgan fingerprint density at radius 2 is 2.08 bits per heavy atom. The van der Waals surface area contributed by atoms with Gasteiger partial charge in [0.05, 0.1) is 12.9 Å². The maximum atomic E-state index is 10.8. The lowest BCUT2D eigenvalue weighted by Crippen LogP contribution is -2.33. The molecule has 1 aliphatic heterocycles. The molecule has 12 nitrogen and oxygen atoms in total. The summed E-state index contributed by atoms with van der Waals surface area (Å²) >= 11 is 0. The van der Waals surface area contributed by atoms with Gasteiger partial charge in [0.2, 0.25) is 0 Å². The number of rotatable bonds is 5. The predicted molar refractivity (Wildman–Crippen MR) is 78.8 cm³/mol. The van der Waals surface area contributed by atoms with Crippen molar-refractivity contribution in [1.29, 1.82) is 5.26 Å². The average Bonchev–Trinajstić information content (AvgIpc) is 3.10. The number of nitrogens with zero attached hydrogens (tertiary/aromatic N) is 5. The second kappa shape index (κ2) is 6.74. The van der Waals surface area contributed by atoms with Gasteiger partial charge in [0, 0.05) is 0 Å².